The average molecular weight is 325 g/mol. The van der Waals surface area contributed by atoms with Gasteiger partial charge in [0, 0.05) is 4.83 Å². The molecule has 1 rings (SSSR count). The van der Waals surface area contributed by atoms with Gasteiger partial charge in [-0.05, 0) is 43.9 Å². The van der Waals surface area contributed by atoms with Gasteiger partial charge >= 0.3 is 0 Å². The van der Waals surface area contributed by atoms with E-state index < -0.39 is 0 Å². The monoisotopic (exact) mass is 324 g/mol. The van der Waals surface area contributed by atoms with E-state index in [0.29, 0.717) is 4.83 Å². The minimum atomic E-state index is 0.527. The van der Waals surface area contributed by atoms with E-state index in [1.165, 1.54) is 67.2 Å². The molecule has 1 aromatic rings. The van der Waals surface area contributed by atoms with Gasteiger partial charge in [0.05, 0.1) is 0 Å². The fraction of sp³-hybridized carbons (Fsp3) is 0.667. The molecular formula is C18H29Br. The maximum absolute atomic E-state index is 3.90. The highest BCUT2D eigenvalue weighted by atomic mass is 79.9. The number of halogens is 1. The lowest BCUT2D eigenvalue weighted by molar-refractivity contribution is 0.587. The van der Waals surface area contributed by atoms with Crippen LogP contribution in [0, 0.1) is 20.8 Å². The first-order valence-electron chi connectivity index (χ1n) is 7.78. The number of benzene rings is 1. The van der Waals surface area contributed by atoms with E-state index in [9.17, 15) is 0 Å². The SMILES string of the molecule is CCCCCCCCC(Br)c1c(C)cc(C)cc1C. The van der Waals surface area contributed by atoms with Crippen LogP contribution in [0.1, 0.15) is 79.0 Å². The predicted octanol–water partition coefficient (Wildman–Crippen LogP) is 6.80. The molecule has 0 saturated heterocycles. The molecule has 0 heterocycles. The first-order valence-corrected chi connectivity index (χ1v) is 8.69. The Kier molecular flexibility index (Phi) is 7.75. The molecule has 19 heavy (non-hydrogen) atoms. The van der Waals surface area contributed by atoms with Crippen molar-refractivity contribution in [3.8, 4) is 0 Å². The van der Waals surface area contributed by atoms with E-state index in [-0.39, 0.29) is 0 Å². The molecule has 1 atom stereocenters. The molecule has 0 aromatic heterocycles. The third-order valence-corrected chi connectivity index (χ3v) is 4.78. The number of alkyl halides is 1. The molecule has 0 N–H and O–H groups in total. The summed E-state index contributed by atoms with van der Waals surface area (Å²) in [4.78, 5) is 0.527. The van der Waals surface area contributed by atoms with Crippen molar-refractivity contribution < 1.29 is 0 Å². The molecule has 0 fully saturated rings. The summed E-state index contributed by atoms with van der Waals surface area (Å²) in [6.07, 6.45) is 9.53. The second kappa shape index (κ2) is 8.79. The summed E-state index contributed by atoms with van der Waals surface area (Å²) in [6.45, 7) is 8.94. The second-order valence-electron chi connectivity index (χ2n) is 5.84. The quantitative estimate of drug-likeness (QED) is 0.364. The lowest BCUT2D eigenvalue weighted by Gasteiger charge is -2.17. The number of aryl methyl sites for hydroxylation is 3. The molecule has 0 aliphatic rings. The van der Waals surface area contributed by atoms with Gasteiger partial charge in [0.1, 0.15) is 0 Å². The van der Waals surface area contributed by atoms with Gasteiger partial charge in [-0.2, -0.15) is 0 Å². The molecule has 0 aliphatic carbocycles. The zero-order valence-electron chi connectivity index (χ0n) is 13.1. The lowest BCUT2D eigenvalue weighted by Crippen LogP contribution is -1.98. The third kappa shape index (κ3) is 5.69. The summed E-state index contributed by atoms with van der Waals surface area (Å²) in [6, 6.07) is 4.61. The first-order chi connectivity index (χ1) is 9.06. The standard InChI is InChI=1S/C18H29Br/c1-5-6-7-8-9-10-11-17(19)18-15(3)12-14(2)13-16(18)4/h12-13,17H,5-11H2,1-4H3. The fourth-order valence-electron chi connectivity index (χ4n) is 2.93. The minimum absolute atomic E-state index is 0.527. The average Bonchev–Trinajstić information content (AvgIpc) is 2.32. The third-order valence-electron chi connectivity index (χ3n) is 3.86. The largest absolute Gasteiger partial charge is 0.0839 e. The van der Waals surface area contributed by atoms with E-state index >= 15 is 0 Å². The van der Waals surface area contributed by atoms with Crippen LogP contribution in [0.4, 0.5) is 0 Å². The summed E-state index contributed by atoms with van der Waals surface area (Å²) in [5.74, 6) is 0. The molecule has 0 saturated carbocycles. The van der Waals surface area contributed by atoms with Crippen LogP contribution in [-0.2, 0) is 0 Å². The Bertz CT molecular complexity index is 358. The van der Waals surface area contributed by atoms with Crippen LogP contribution < -0.4 is 0 Å². The molecule has 0 bridgehead atoms. The summed E-state index contributed by atoms with van der Waals surface area (Å²) >= 11 is 3.90. The zero-order chi connectivity index (χ0) is 14.3. The number of hydrogen-bond acceptors (Lipinski definition) is 0. The van der Waals surface area contributed by atoms with Crippen molar-refractivity contribution in [2.45, 2.75) is 77.5 Å². The molecule has 1 heteroatoms. The maximum atomic E-state index is 3.90. The van der Waals surface area contributed by atoms with E-state index in [4.69, 9.17) is 0 Å². The molecule has 0 radical (unpaired) electrons. The van der Waals surface area contributed by atoms with Crippen molar-refractivity contribution >= 4 is 15.9 Å². The minimum Gasteiger partial charge on any atom is -0.0839 e. The number of unbranched alkanes of at least 4 members (excludes halogenated alkanes) is 5. The van der Waals surface area contributed by atoms with Gasteiger partial charge in [-0.15, -0.1) is 0 Å². The highest BCUT2D eigenvalue weighted by molar-refractivity contribution is 9.09. The van der Waals surface area contributed by atoms with Crippen LogP contribution in [0.3, 0.4) is 0 Å². The normalized spacial score (nSPS) is 12.7. The van der Waals surface area contributed by atoms with E-state index in [0.717, 1.165) is 0 Å². The first kappa shape index (κ1) is 16.8. The van der Waals surface area contributed by atoms with Crippen molar-refractivity contribution in [2.75, 3.05) is 0 Å². The van der Waals surface area contributed by atoms with Gasteiger partial charge in [-0.1, -0.05) is 79.1 Å². The lowest BCUT2D eigenvalue weighted by atomic mass is 9.95. The summed E-state index contributed by atoms with van der Waals surface area (Å²) < 4.78 is 0. The Labute approximate surface area is 128 Å². The van der Waals surface area contributed by atoms with Crippen LogP contribution in [0.25, 0.3) is 0 Å². The van der Waals surface area contributed by atoms with Crippen molar-refractivity contribution in [2.24, 2.45) is 0 Å². The Morgan fingerprint density at radius 1 is 0.895 bits per heavy atom. The van der Waals surface area contributed by atoms with E-state index in [1.807, 2.05) is 0 Å². The molecule has 0 aliphatic heterocycles. The molecule has 1 unspecified atom stereocenters. The van der Waals surface area contributed by atoms with Gasteiger partial charge in [0.15, 0.2) is 0 Å². The van der Waals surface area contributed by atoms with Crippen molar-refractivity contribution in [1.29, 1.82) is 0 Å². The van der Waals surface area contributed by atoms with E-state index in [1.54, 1.807) is 0 Å². The Balaban J connectivity index is 2.43. The van der Waals surface area contributed by atoms with Gasteiger partial charge in [0.2, 0.25) is 0 Å². The predicted molar refractivity (Wildman–Crippen MR) is 90.3 cm³/mol. The Morgan fingerprint density at radius 2 is 1.42 bits per heavy atom. The van der Waals surface area contributed by atoms with Crippen molar-refractivity contribution in [3.63, 3.8) is 0 Å². The number of rotatable bonds is 8. The maximum Gasteiger partial charge on any atom is 0.0400 e. The summed E-state index contributed by atoms with van der Waals surface area (Å²) in [5, 5.41) is 0. The molecule has 0 spiro atoms. The zero-order valence-corrected chi connectivity index (χ0v) is 14.6. The Hall–Kier alpha value is -0.300. The summed E-state index contributed by atoms with van der Waals surface area (Å²) in [7, 11) is 0. The highest BCUT2D eigenvalue weighted by Crippen LogP contribution is 2.34. The Morgan fingerprint density at radius 3 is 2.00 bits per heavy atom. The molecule has 1 aromatic carbocycles. The second-order valence-corrected chi connectivity index (χ2v) is 6.94. The summed E-state index contributed by atoms with van der Waals surface area (Å²) in [5.41, 5.74) is 5.76. The molecule has 108 valence electrons. The topological polar surface area (TPSA) is 0 Å². The van der Waals surface area contributed by atoms with Crippen molar-refractivity contribution in [1.82, 2.24) is 0 Å². The van der Waals surface area contributed by atoms with Crippen LogP contribution in [0.5, 0.6) is 0 Å². The van der Waals surface area contributed by atoms with Crippen LogP contribution in [0.15, 0.2) is 12.1 Å². The van der Waals surface area contributed by atoms with Crippen molar-refractivity contribution in [3.05, 3.63) is 34.4 Å². The fourth-order valence-corrected chi connectivity index (χ4v) is 3.98. The van der Waals surface area contributed by atoms with Crippen LogP contribution >= 0.6 is 15.9 Å². The van der Waals surface area contributed by atoms with Crippen LogP contribution in [0.2, 0.25) is 0 Å². The smallest absolute Gasteiger partial charge is 0.0400 e. The van der Waals surface area contributed by atoms with Gasteiger partial charge in [-0.25, -0.2) is 0 Å². The molecule has 0 amide bonds. The number of hydrogen-bond donors (Lipinski definition) is 0. The van der Waals surface area contributed by atoms with Crippen LogP contribution in [-0.4, -0.2) is 0 Å². The highest BCUT2D eigenvalue weighted by Gasteiger charge is 2.13. The van der Waals surface area contributed by atoms with Gasteiger partial charge in [0.25, 0.3) is 0 Å². The van der Waals surface area contributed by atoms with Gasteiger partial charge < -0.3 is 0 Å². The van der Waals surface area contributed by atoms with E-state index in [2.05, 4.69) is 55.8 Å². The molecular weight excluding hydrogens is 296 g/mol. The van der Waals surface area contributed by atoms with Gasteiger partial charge in [-0.3, -0.25) is 0 Å². The molecule has 0 nitrogen and oxygen atoms in total.